The van der Waals surface area contributed by atoms with Crippen LogP contribution in [0.1, 0.15) is 34.8 Å². The smallest absolute Gasteiger partial charge is 0.235 e. The minimum Gasteiger partial charge on any atom is -0.298 e. The number of rotatable bonds is 2. The Morgan fingerprint density at radius 3 is 2.75 bits per heavy atom. The Balaban J connectivity index is 2.20. The fourth-order valence-corrected chi connectivity index (χ4v) is 1.67. The second-order valence-corrected chi connectivity index (χ2v) is 3.64. The molecule has 1 aliphatic rings. The van der Waals surface area contributed by atoms with Crippen molar-refractivity contribution < 1.29 is 14.4 Å². The molecule has 1 unspecified atom stereocenters. The summed E-state index contributed by atoms with van der Waals surface area (Å²) in [6.07, 6.45) is 2.92. The van der Waals surface area contributed by atoms with Crippen LogP contribution < -0.4 is 5.32 Å². The molecule has 2 amide bonds. The highest BCUT2D eigenvalue weighted by atomic mass is 16.2. The first-order valence-electron chi connectivity index (χ1n) is 4.95. The van der Waals surface area contributed by atoms with Gasteiger partial charge in [0.25, 0.3) is 0 Å². The molecule has 2 rings (SSSR count). The summed E-state index contributed by atoms with van der Waals surface area (Å²) in [5.41, 5.74) is 1.06. The molecule has 0 spiro atoms. The van der Waals surface area contributed by atoms with Gasteiger partial charge in [-0.2, -0.15) is 0 Å². The molecule has 1 fully saturated rings. The molecule has 1 N–H and O–H groups in total. The number of pyridine rings is 1. The molecule has 82 valence electrons. The number of carbonyl (C=O) groups excluding carboxylic acids is 3. The molecule has 1 aromatic rings. The average Bonchev–Trinajstić information content (AvgIpc) is 2.29. The van der Waals surface area contributed by atoms with Crippen molar-refractivity contribution in [1.29, 1.82) is 0 Å². The molecule has 2 heterocycles. The molecule has 0 radical (unpaired) electrons. The Kier molecular flexibility index (Phi) is 2.76. The molecule has 1 saturated heterocycles. The maximum Gasteiger partial charge on any atom is 0.235 e. The van der Waals surface area contributed by atoms with Crippen molar-refractivity contribution >= 4 is 18.1 Å². The van der Waals surface area contributed by atoms with E-state index in [-0.39, 0.29) is 11.8 Å². The third-order valence-corrected chi connectivity index (χ3v) is 2.54. The van der Waals surface area contributed by atoms with Gasteiger partial charge in [0, 0.05) is 18.2 Å². The van der Waals surface area contributed by atoms with Gasteiger partial charge in [0.05, 0.1) is 11.6 Å². The van der Waals surface area contributed by atoms with Gasteiger partial charge in [0.2, 0.25) is 11.8 Å². The summed E-state index contributed by atoms with van der Waals surface area (Å²) in [5.74, 6) is -0.952. The van der Waals surface area contributed by atoms with E-state index in [0.29, 0.717) is 30.4 Å². The van der Waals surface area contributed by atoms with Gasteiger partial charge in [-0.25, -0.2) is 0 Å². The van der Waals surface area contributed by atoms with Gasteiger partial charge in [0.15, 0.2) is 6.29 Å². The minimum atomic E-state index is -0.390. The van der Waals surface area contributed by atoms with Crippen LogP contribution in [-0.4, -0.2) is 23.1 Å². The number of aromatic nitrogens is 1. The van der Waals surface area contributed by atoms with Crippen molar-refractivity contribution in [2.75, 3.05) is 0 Å². The summed E-state index contributed by atoms with van der Waals surface area (Å²) in [6, 6.07) is 3.25. The van der Waals surface area contributed by atoms with E-state index in [2.05, 4.69) is 10.3 Å². The van der Waals surface area contributed by atoms with Crippen LogP contribution in [0, 0.1) is 0 Å². The lowest BCUT2D eigenvalue weighted by Gasteiger charge is -2.19. The molecule has 1 atom stereocenters. The van der Waals surface area contributed by atoms with Gasteiger partial charge in [-0.15, -0.1) is 0 Å². The van der Waals surface area contributed by atoms with E-state index < -0.39 is 5.92 Å². The summed E-state index contributed by atoms with van der Waals surface area (Å²) < 4.78 is 0. The van der Waals surface area contributed by atoms with Crippen molar-refractivity contribution in [2.24, 2.45) is 0 Å². The van der Waals surface area contributed by atoms with E-state index in [0.717, 1.165) is 0 Å². The first kappa shape index (κ1) is 10.5. The molecule has 0 aromatic carbocycles. The minimum absolute atomic E-state index is 0.245. The lowest BCUT2D eigenvalue weighted by molar-refractivity contribution is -0.134. The van der Waals surface area contributed by atoms with E-state index >= 15 is 0 Å². The first-order chi connectivity index (χ1) is 7.70. The van der Waals surface area contributed by atoms with Crippen LogP contribution in [-0.2, 0) is 9.59 Å². The maximum absolute atomic E-state index is 11.5. The number of piperidine rings is 1. The van der Waals surface area contributed by atoms with Crippen LogP contribution in [0.3, 0.4) is 0 Å². The zero-order valence-electron chi connectivity index (χ0n) is 8.47. The predicted molar refractivity (Wildman–Crippen MR) is 54.7 cm³/mol. The van der Waals surface area contributed by atoms with Crippen LogP contribution in [0.4, 0.5) is 0 Å². The molecule has 5 heteroatoms. The van der Waals surface area contributed by atoms with E-state index in [1.807, 2.05) is 0 Å². The quantitative estimate of drug-likeness (QED) is 0.576. The van der Waals surface area contributed by atoms with Crippen molar-refractivity contribution in [3.05, 3.63) is 29.6 Å². The van der Waals surface area contributed by atoms with Gasteiger partial charge in [0.1, 0.15) is 0 Å². The number of hydrogen-bond donors (Lipinski definition) is 1. The Labute approximate surface area is 91.9 Å². The van der Waals surface area contributed by atoms with Gasteiger partial charge in [-0.05, 0) is 18.6 Å². The predicted octanol–water partition coefficient (Wildman–Crippen LogP) is 0.414. The third-order valence-electron chi connectivity index (χ3n) is 2.54. The second-order valence-electron chi connectivity index (χ2n) is 3.64. The molecule has 16 heavy (non-hydrogen) atoms. The van der Waals surface area contributed by atoms with E-state index in [1.165, 1.54) is 6.20 Å². The average molecular weight is 218 g/mol. The SMILES string of the molecule is O=Cc1ccc(C2CCC(=O)NC2=O)nc1. The van der Waals surface area contributed by atoms with Crippen LogP contribution >= 0.6 is 0 Å². The molecular weight excluding hydrogens is 208 g/mol. The van der Waals surface area contributed by atoms with Gasteiger partial charge in [-0.1, -0.05) is 0 Å². The Morgan fingerprint density at radius 1 is 1.38 bits per heavy atom. The lowest BCUT2D eigenvalue weighted by Crippen LogP contribution is -2.39. The number of imide groups is 1. The van der Waals surface area contributed by atoms with Crippen molar-refractivity contribution in [2.45, 2.75) is 18.8 Å². The number of nitrogens with one attached hydrogen (secondary N) is 1. The summed E-state index contributed by atoms with van der Waals surface area (Å²) in [6.45, 7) is 0. The topological polar surface area (TPSA) is 76.1 Å². The van der Waals surface area contributed by atoms with Crippen LogP contribution in [0.2, 0.25) is 0 Å². The number of aldehydes is 1. The van der Waals surface area contributed by atoms with E-state index in [9.17, 15) is 14.4 Å². The number of carbonyl (C=O) groups is 3. The Hall–Kier alpha value is -2.04. The van der Waals surface area contributed by atoms with Crippen molar-refractivity contribution in [1.82, 2.24) is 10.3 Å². The highest BCUT2D eigenvalue weighted by Gasteiger charge is 2.28. The fourth-order valence-electron chi connectivity index (χ4n) is 1.67. The van der Waals surface area contributed by atoms with Gasteiger partial charge in [-0.3, -0.25) is 24.7 Å². The number of hydrogen-bond acceptors (Lipinski definition) is 4. The number of nitrogens with zero attached hydrogens (tertiary/aromatic N) is 1. The largest absolute Gasteiger partial charge is 0.298 e. The van der Waals surface area contributed by atoms with Crippen LogP contribution in [0.5, 0.6) is 0 Å². The third kappa shape index (κ3) is 1.98. The molecule has 5 nitrogen and oxygen atoms in total. The molecule has 0 saturated carbocycles. The standard InChI is InChI=1S/C11H10N2O3/c14-6-7-1-3-9(12-5-7)8-2-4-10(15)13-11(8)16/h1,3,5-6,8H,2,4H2,(H,13,15,16). The summed E-state index contributed by atoms with van der Waals surface area (Å²) in [4.78, 5) is 37.0. The molecule has 1 aromatic heterocycles. The van der Waals surface area contributed by atoms with Crippen molar-refractivity contribution in [3.8, 4) is 0 Å². The fraction of sp³-hybridized carbons (Fsp3) is 0.273. The van der Waals surface area contributed by atoms with E-state index in [1.54, 1.807) is 12.1 Å². The van der Waals surface area contributed by atoms with Crippen molar-refractivity contribution in [3.63, 3.8) is 0 Å². The lowest BCUT2D eigenvalue weighted by atomic mass is 9.94. The van der Waals surface area contributed by atoms with Crippen LogP contribution in [0.25, 0.3) is 0 Å². The monoisotopic (exact) mass is 218 g/mol. The zero-order valence-corrected chi connectivity index (χ0v) is 8.47. The normalized spacial score (nSPS) is 20.4. The molecule has 0 bridgehead atoms. The van der Waals surface area contributed by atoms with Gasteiger partial charge >= 0.3 is 0 Å². The summed E-state index contributed by atoms with van der Waals surface area (Å²) in [5, 5.41) is 2.27. The van der Waals surface area contributed by atoms with Gasteiger partial charge < -0.3 is 0 Å². The summed E-state index contributed by atoms with van der Waals surface area (Å²) >= 11 is 0. The highest BCUT2D eigenvalue weighted by molar-refractivity contribution is 6.00. The highest BCUT2D eigenvalue weighted by Crippen LogP contribution is 2.22. The second kappa shape index (κ2) is 4.22. The van der Waals surface area contributed by atoms with E-state index in [4.69, 9.17) is 0 Å². The molecular formula is C11H10N2O3. The maximum atomic E-state index is 11.5. The zero-order chi connectivity index (χ0) is 11.5. The summed E-state index contributed by atoms with van der Waals surface area (Å²) in [7, 11) is 0. The number of amides is 2. The Morgan fingerprint density at radius 2 is 2.19 bits per heavy atom. The molecule has 0 aliphatic carbocycles. The molecule has 1 aliphatic heterocycles. The Bertz CT molecular complexity index is 439. The first-order valence-corrected chi connectivity index (χ1v) is 4.95. The van der Waals surface area contributed by atoms with Crippen LogP contribution in [0.15, 0.2) is 18.3 Å².